The van der Waals surface area contributed by atoms with Crippen molar-refractivity contribution in [3.05, 3.63) is 53.8 Å². The Labute approximate surface area is 97.5 Å². The second-order valence-corrected chi connectivity index (χ2v) is 3.97. The maximum atomic E-state index is 5.92. The molecule has 0 saturated carbocycles. The van der Waals surface area contributed by atoms with Gasteiger partial charge >= 0.3 is 0 Å². The molecule has 0 amide bonds. The van der Waals surface area contributed by atoms with Gasteiger partial charge in [-0.2, -0.15) is 0 Å². The van der Waals surface area contributed by atoms with Crippen molar-refractivity contribution in [2.24, 2.45) is 0 Å². The van der Waals surface area contributed by atoms with Gasteiger partial charge in [0.15, 0.2) is 0 Å². The van der Waals surface area contributed by atoms with E-state index in [4.69, 9.17) is 16.0 Å². The molecular formula is C13H8ClNO. The topological polar surface area (TPSA) is 26.0 Å². The molecule has 3 heteroatoms. The Morgan fingerprint density at radius 2 is 1.81 bits per heavy atom. The molecule has 0 atom stereocenters. The van der Waals surface area contributed by atoms with Crippen LogP contribution in [0.5, 0.6) is 0 Å². The summed E-state index contributed by atoms with van der Waals surface area (Å²) in [7, 11) is 0. The summed E-state index contributed by atoms with van der Waals surface area (Å²) >= 11 is 5.92. The highest BCUT2D eigenvalue weighted by Crippen LogP contribution is 2.28. The summed E-state index contributed by atoms with van der Waals surface area (Å²) in [5, 5.41) is 1.73. The van der Waals surface area contributed by atoms with Crippen molar-refractivity contribution >= 4 is 22.6 Å². The SMILES string of the molecule is Clc1ccc2oc(-c3ccncc3)cc2c1. The second-order valence-electron chi connectivity index (χ2n) is 3.53. The zero-order valence-electron chi connectivity index (χ0n) is 8.35. The number of rotatable bonds is 1. The fourth-order valence-electron chi connectivity index (χ4n) is 1.67. The minimum absolute atomic E-state index is 0.717. The molecule has 0 aliphatic carbocycles. The molecule has 2 nitrogen and oxygen atoms in total. The monoisotopic (exact) mass is 229 g/mol. The molecule has 0 aliphatic rings. The van der Waals surface area contributed by atoms with Crippen LogP contribution in [0.1, 0.15) is 0 Å². The second kappa shape index (κ2) is 3.65. The minimum Gasteiger partial charge on any atom is -0.456 e. The van der Waals surface area contributed by atoms with Gasteiger partial charge in [-0.05, 0) is 36.4 Å². The smallest absolute Gasteiger partial charge is 0.135 e. The summed E-state index contributed by atoms with van der Waals surface area (Å²) in [5.41, 5.74) is 1.86. The summed E-state index contributed by atoms with van der Waals surface area (Å²) in [4.78, 5) is 3.98. The van der Waals surface area contributed by atoms with E-state index in [1.54, 1.807) is 12.4 Å². The molecule has 3 aromatic rings. The molecule has 3 rings (SSSR count). The summed E-state index contributed by atoms with van der Waals surface area (Å²) < 4.78 is 5.72. The van der Waals surface area contributed by atoms with E-state index in [0.29, 0.717) is 0 Å². The van der Waals surface area contributed by atoms with Gasteiger partial charge in [-0.3, -0.25) is 4.98 Å². The van der Waals surface area contributed by atoms with Gasteiger partial charge in [-0.15, -0.1) is 0 Å². The number of benzene rings is 1. The number of fused-ring (bicyclic) bond motifs is 1. The minimum atomic E-state index is 0.717. The Bertz CT molecular complexity index is 631. The molecular weight excluding hydrogens is 222 g/mol. The molecule has 2 aromatic heterocycles. The highest BCUT2D eigenvalue weighted by Gasteiger charge is 2.05. The van der Waals surface area contributed by atoms with Crippen LogP contribution in [0.4, 0.5) is 0 Å². The predicted octanol–water partition coefficient (Wildman–Crippen LogP) is 4.15. The van der Waals surface area contributed by atoms with Crippen LogP contribution in [-0.2, 0) is 0 Å². The normalized spacial score (nSPS) is 10.8. The van der Waals surface area contributed by atoms with Gasteiger partial charge in [0.05, 0.1) is 0 Å². The van der Waals surface area contributed by atoms with Gasteiger partial charge < -0.3 is 4.42 Å². The molecule has 16 heavy (non-hydrogen) atoms. The molecule has 1 aromatic carbocycles. The zero-order valence-corrected chi connectivity index (χ0v) is 9.11. The quantitative estimate of drug-likeness (QED) is 0.627. The molecule has 0 N–H and O–H groups in total. The van der Waals surface area contributed by atoms with Crippen molar-refractivity contribution in [1.82, 2.24) is 4.98 Å². The van der Waals surface area contributed by atoms with E-state index < -0.39 is 0 Å². The average molecular weight is 230 g/mol. The summed E-state index contributed by atoms with van der Waals surface area (Å²) in [6, 6.07) is 11.4. The first-order valence-electron chi connectivity index (χ1n) is 4.92. The summed E-state index contributed by atoms with van der Waals surface area (Å²) in [6.07, 6.45) is 3.49. The van der Waals surface area contributed by atoms with Crippen LogP contribution in [0, 0.1) is 0 Å². The third-order valence-electron chi connectivity index (χ3n) is 2.44. The average Bonchev–Trinajstić information content (AvgIpc) is 2.73. The standard InChI is InChI=1S/C13H8ClNO/c14-11-1-2-12-10(7-11)8-13(16-12)9-3-5-15-6-4-9/h1-8H. The van der Waals surface area contributed by atoms with Crippen LogP contribution in [0.25, 0.3) is 22.3 Å². The van der Waals surface area contributed by atoms with E-state index in [1.165, 1.54) is 0 Å². The van der Waals surface area contributed by atoms with Crippen LogP contribution >= 0.6 is 11.6 Å². The van der Waals surface area contributed by atoms with Gasteiger partial charge in [0, 0.05) is 28.4 Å². The Morgan fingerprint density at radius 1 is 1.00 bits per heavy atom. The van der Waals surface area contributed by atoms with Crippen molar-refractivity contribution in [3.8, 4) is 11.3 Å². The fraction of sp³-hybridized carbons (Fsp3) is 0. The Balaban J connectivity index is 2.19. The molecule has 0 unspecified atom stereocenters. The van der Waals surface area contributed by atoms with E-state index >= 15 is 0 Å². The number of halogens is 1. The molecule has 78 valence electrons. The molecule has 0 fully saturated rings. The van der Waals surface area contributed by atoms with Gasteiger partial charge in [0.1, 0.15) is 11.3 Å². The number of furan rings is 1. The molecule has 0 saturated heterocycles. The zero-order chi connectivity index (χ0) is 11.0. The molecule has 0 radical (unpaired) electrons. The third-order valence-corrected chi connectivity index (χ3v) is 2.68. The lowest BCUT2D eigenvalue weighted by atomic mass is 10.2. The van der Waals surface area contributed by atoms with Crippen molar-refractivity contribution in [3.63, 3.8) is 0 Å². The van der Waals surface area contributed by atoms with Crippen molar-refractivity contribution in [1.29, 1.82) is 0 Å². The molecule has 0 bridgehead atoms. The van der Waals surface area contributed by atoms with Gasteiger partial charge in [0.25, 0.3) is 0 Å². The number of pyridine rings is 1. The largest absolute Gasteiger partial charge is 0.456 e. The number of hydrogen-bond donors (Lipinski definition) is 0. The number of aromatic nitrogens is 1. The molecule has 0 spiro atoms. The Kier molecular flexibility index (Phi) is 2.15. The molecule has 0 aliphatic heterocycles. The Hall–Kier alpha value is -1.80. The van der Waals surface area contributed by atoms with Crippen LogP contribution in [0.3, 0.4) is 0 Å². The third kappa shape index (κ3) is 1.57. The Morgan fingerprint density at radius 3 is 2.62 bits per heavy atom. The highest BCUT2D eigenvalue weighted by molar-refractivity contribution is 6.31. The van der Waals surface area contributed by atoms with Crippen LogP contribution in [0.2, 0.25) is 5.02 Å². The lowest BCUT2D eigenvalue weighted by Crippen LogP contribution is -1.72. The van der Waals surface area contributed by atoms with Crippen LogP contribution in [-0.4, -0.2) is 4.98 Å². The van der Waals surface area contributed by atoms with E-state index in [-0.39, 0.29) is 0 Å². The van der Waals surface area contributed by atoms with Gasteiger partial charge in [-0.25, -0.2) is 0 Å². The lowest BCUT2D eigenvalue weighted by molar-refractivity contribution is 0.631. The van der Waals surface area contributed by atoms with E-state index in [9.17, 15) is 0 Å². The van der Waals surface area contributed by atoms with E-state index in [1.807, 2.05) is 36.4 Å². The molecule has 2 heterocycles. The van der Waals surface area contributed by atoms with E-state index in [2.05, 4.69) is 4.98 Å². The number of hydrogen-bond acceptors (Lipinski definition) is 2. The maximum Gasteiger partial charge on any atom is 0.135 e. The van der Waals surface area contributed by atoms with Crippen molar-refractivity contribution in [2.75, 3.05) is 0 Å². The maximum absolute atomic E-state index is 5.92. The first-order valence-corrected chi connectivity index (χ1v) is 5.30. The summed E-state index contributed by atoms with van der Waals surface area (Å²) in [5.74, 6) is 0.833. The number of nitrogens with zero attached hydrogens (tertiary/aromatic N) is 1. The summed E-state index contributed by atoms with van der Waals surface area (Å²) in [6.45, 7) is 0. The van der Waals surface area contributed by atoms with Crippen LogP contribution < -0.4 is 0 Å². The van der Waals surface area contributed by atoms with Gasteiger partial charge in [-0.1, -0.05) is 11.6 Å². The lowest BCUT2D eigenvalue weighted by Gasteiger charge is -1.92. The van der Waals surface area contributed by atoms with E-state index in [0.717, 1.165) is 27.3 Å². The first kappa shape index (κ1) is 9.43. The first-order chi connectivity index (χ1) is 7.83. The fourth-order valence-corrected chi connectivity index (χ4v) is 1.85. The predicted molar refractivity (Wildman–Crippen MR) is 64.5 cm³/mol. The van der Waals surface area contributed by atoms with Gasteiger partial charge in [0.2, 0.25) is 0 Å². The van der Waals surface area contributed by atoms with Crippen molar-refractivity contribution < 1.29 is 4.42 Å². The van der Waals surface area contributed by atoms with Crippen molar-refractivity contribution in [2.45, 2.75) is 0 Å². The van der Waals surface area contributed by atoms with Crippen LogP contribution in [0.15, 0.2) is 53.2 Å². The highest BCUT2D eigenvalue weighted by atomic mass is 35.5.